The molecule has 4 aliphatic rings. The molecule has 4 aliphatic heterocycles. The van der Waals surface area contributed by atoms with Gasteiger partial charge in [-0.3, -0.25) is 24.6 Å². The molecule has 0 radical (unpaired) electrons. The highest BCUT2D eigenvalue weighted by molar-refractivity contribution is 9.11. The maximum Gasteiger partial charge on any atom is 0.131 e. The van der Waals surface area contributed by atoms with Crippen LogP contribution in [0.1, 0.15) is 35.3 Å². The molecule has 1 unspecified atom stereocenters. The van der Waals surface area contributed by atoms with Gasteiger partial charge < -0.3 is 18.9 Å². The van der Waals surface area contributed by atoms with Gasteiger partial charge in [0.25, 0.3) is 0 Å². The van der Waals surface area contributed by atoms with Crippen molar-refractivity contribution in [3.05, 3.63) is 125 Å². The Hall–Kier alpha value is -1.80. The highest BCUT2D eigenvalue weighted by atomic mass is 79.9. The van der Waals surface area contributed by atoms with Gasteiger partial charge in [0.2, 0.25) is 0 Å². The van der Waals surface area contributed by atoms with Crippen LogP contribution >= 0.6 is 63.7 Å². The van der Waals surface area contributed by atoms with Gasteiger partial charge in [0, 0.05) is 109 Å². The summed E-state index contributed by atoms with van der Waals surface area (Å²) in [6.45, 7) is 18.4. The number of pyridine rings is 2. The summed E-state index contributed by atoms with van der Waals surface area (Å²) in [5, 5.41) is 0. The third kappa shape index (κ3) is 17.8. The third-order valence-corrected chi connectivity index (χ3v) is 12.0. The molecule has 0 saturated carbocycles. The van der Waals surface area contributed by atoms with Crippen molar-refractivity contribution >= 4 is 63.7 Å². The molecule has 0 spiro atoms. The van der Waals surface area contributed by atoms with E-state index in [1.54, 1.807) is 0 Å². The van der Waals surface area contributed by atoms with Gasteiger partial charge in [0.05, 0.1) is 58.5 Å². The van der Waals surface area contributed by atoms with E-state index in [-0.39, 0.29) is 5.56 Å². The number of morpholine rings is 4. The molecule has 4 fully saturated rings. The molecule has 10 nitrogen and oxygen atoms in total. The van der Waals surface area contributed by atoms with Gasteiger partial charge in [0.1, 0.15) is 16.2 Å². The molecule has 4 aromatic rings. The lowest BCUT2D eigenvalue weighted by Gasteiger charge is -2.32. The van der Waals surface area contributed by atoms with Crippen LogP contribution in [-0.4, -0.2) is 135 Å². The Bertz CT molecular complexity index is 1690. The fourth-order valence-corrected chi connectivity index (χ4v) is 7.76. The molecular formula is C43H54Br4F2N6O4. The molecule has 1 atom stereocenters. The number of halogens is 6. The second-order valence-corrected chi connectivity index (χ2v) is 17.9. The molecule has 8 rings (SSSR count). The van der Waals surface area contributed by atoms with Crippen LogP contribution in [0.2, 0.25) is 0 Å². The van der Waals surface area contributed by atoms with Gasteiger partial charge >= 0.3 is 0 Å². The fraction of sp³-hybridized carbons (Fsp3) is 0.488. The maximum absolute atomic E-state index is 13.5. The lowest BCUT2D eigenvalue weighted by atomic mass is 10.1. The molecule has 2 aromatic heterocycles. The van der Waals surface area contributed by atoms with E-state index >= 15 is 0 Å². The minimum Gasteiger partial charge on any atom is -0.379 e. The smallest absolute Gasteiger partial charge is 0.131 e. The van der Waals surface area contributed by atoms with Crippen LogP contribution in [0.3, 0.4) is 0 Å². The zero-order valence-corrected chi connectivity index (χ0v) is 39.9. The first kappa shape index (κ1) is 48.2. The number of hydrogen-bond acceptors (Lipinski definition) is 10. The minimum atomic E-state index is -0.502. The summed E-state index contributed by atoms with van der Waals surface area (Å²) in [7, 11) is 0. The molecule has 59 heavy (non-hydrogen) atoms. The van der Waals surface area contributed by atoms with Crippen LogP contribution < -0.4 is 0 Å². The molecular weight excluding hydrogens is 1020 g/mol. The molecule has 322 valence electrons. The van der Waals surface area contributed by atoms with Crippen LogP contribution in [0.15, 0.2) is 91.1 Å². The van der Waals surface area contributed by atoms with E-state index in [1.165, 1.54) is 23.3 Å². The predicted octanol–water partition coefficient (Wildman–Crippen LogP) is 8.75. The van der Waals surface area contributed by atoms with Gasteiger partial charge in [0.15, 0.2) is 0 Å². The summed E-state index contributed by atoms with van der Waals surface area (Å²) in [6.07, 6.45) is 3.76. The summed E-state index contributed by atoms with van der Waals surface area (Å²) >= 11 is 13.2. The summed E-state index contributed by atoms with van der Waals surface area (Å²) < 4.78 is 51.7. The summed E-state index contributed by atoms with van der Waals surface area (Å²) in [5.41, 5.74) is 3.88. The van der Waals surface area contributed by atoms with Crippen molar-refractivity contribution in [1.82, 2.24) is 29.6 Å². The van der Waals surface area contributed by atoms with E-state index in [0.29, 0.717) is 30.3 Å². The number of nitrogens with zero attached hydrogens (tertiary/aromatic N) is 6. The van der Waals surface area contributed by atoms with E-state index in [0.717, 1.165) is 124 Å². The SMILES string of the molecule is Brc1ccc(CN2CCOCC2)cn1.Brc1ccc(CN2CCOCC2)nc1.CC(c1ccc(Br)cc1)N1CCOCC1.Fc1cc(Br)cc(F)c1CN1CCOCC1. The van der Waals surface area contributed by atoms with Crippen LogP contribution in [-0.2, 0) is 38.6 Å². The van der Waals surface area contributed by atoms with Crippen molar-refractivity contribution in [3.8, 4) is 0 Å². The Kier molecular flexibility index (Phi) is 21.8. The van der Waals surface area contributed by atoms with Crippen LogP contribution in [0.4, 0.5) is 8.78 Å². The van der Waals surface area contributed by atoms with Gasteiger partial charge in [-0.15, -0.1) is 0 Å². The van der Waals surface area contributed by atoms with Crippen molar-refractivity contribution < 1.29 is 27.7 Å². The largest absolute Gasteiger partial charge is 0.379 e. The van der Waals surface area contributed by atoms with E-state index in [9.17, 15) is 8.78 Å². The van der Waals surface area contributed by atoms with E-state index in [2.05, 4.69) is 132 Å². The second-order valence-electron chi connectivity index (χ2n) is 14.3. The maximum atomic E-state index is 13.5. The van der Waals surface area contributed by atoms with Crippen molar-refractivity contribution in [3.63, 3.8) is 0 Å². The van der Waals surface area contributed by atoms with Crippen molar-refractivity contribution in [2.75, 3.05) is 105 Å². The van der Waals surface area contributed by atoms with Crippen molar-refractivity contribution in [2.45, 2.75) is 32.6 Å². The standard InChI is InChI=1S/C12H16BrNO.C11H12BrF2NO.2C10H13BrN2O/c1-10(14-6-8-15-9-7-14)11-2-4-12(13)5-3-11;12-8-5-10(13)9(11(14)6-8)7-15-1-3-16-4-2-15;11-9-1-2-10(12-7-9)8-13-3-5-14-6-4-13;11-10-2-1-9(7-12-10)8-13-3-5-14-6-4-13/h2-5,10H,6-9H2,1H3;5-6H,1-4,7H2;2*1-2,7H,3-6,8H2. The Morgan fingerprint density at radius 3 is 1.53 bits per heavy atom. The Morgan fingerprint density at radius 1 is 0.542 bits per heavy atom. The first-order valence-electron chi connectivity index (χ1n) is 19.9. The first-order valence-corrected chi connectivity index (χ1v) is 23.1. The molecule has 4 saturated heterocycles. The van der Waals surface area contributed by atoms with Crippen LogP contribution in [0.25, 0.3) is 0 Å². The van der Waals surface area contributed by atoms with Gasteiger partial charge in [-0.2, -0.15) is 0 Å². The molecule has 16 heteroatoms. The number of aromatic nitrogens is 2. The number of hydrogen-bond donors (Lipinski definition) is 0. The Labute approximate surface area is 381 Å². The van der Waals surface area contributed by atoms with Gasteiger partial charge in [-0.25, -0.2) is 13.8 Å². The predicted molar refractivity (Wildman–Crippen MR) is 241 cm³/mol. The van der Waals surface area contributed by atoms with E-state index in [1.807, 2.05) is 29.4 Å². The Morgan fingerprint density at radius 2 is 1.03 bits per heavy atom. The lowest BCUT2D eigenvalue weighted by Crippen LogP contribution is -2.37. The summed E-state index contributed by atoms with van der Waals surface area (Å²) in [5.74, 6) is -1.00. The fourth-order valence-electron chi connectivity index (χ4n) is 6.63. The monoisotopic (exact) mass is 1070 g/mol. The van der Waals surface area contributed by atoms with Gasteiger partial charge in [-0.1, -0.05) is 50.1 Å². The molecule has 0 N–H and O–H groups in total. The zero-order chi connectivity index (χ0) is 41.8. The highest BCUT2D eigenvalue weighted by Gasteiger charge is 2.19. The number of benzene rings is 2. The van der Waals surface area contributed by atoms with E-state index in [4.69, 9.17) is 18.9 Å². The molecule has 0 aliphatic carbocycles. The second kappa shape index (κ2) is 26.6. The highest BCUT2D eigenvalue weighted by Crippen LogP contribution is 2.23. The number of ether oxygens (including phenoxy) is 4. The van der Waals surface area contributed by atoms with Gasteiger partial charge in [-0.05, 0) is 92.4 Å². The molecule has 2 aromatic carbocycles. The normalized spacial score (nSPS) is 18.6. The lowest BCUT2D eigenvalue weighted by molar-refractivity contribution is 0.0198. The third-order valence-electron chi connectivity index (χ3n) is 10.1. The van der Waals surface area contributed by atoms with Crippen LogP contribution in [0, 0.1) is 11.6 Å². The zero-order valence-electron chi connectivity index (χ0n) is 33.5. The molecule has 6 heterocycles. The van der Waals surface area contributed by atoms with Crippen molar-refractivity contribution in [2.24, 2.45) is 0 Å². The number of rotatable bonds is 8. The van der Waals surface area contributed by atoms with Crippen LogP contribution in [0.5, 0.6) is 0 Å². The topological polar surface area (TPSA) is 75.7 Å². The average Bonchev–Trinajstić information content (AvgIpc) is 3.26. The summed E-state index contributed by atoms with van der Waals surface area (Å²) in [6, 6.07) is 19.8. The molecule has 0 amide bonds. The van der Waals surface area contributed by atoms with E-state index < -0.39 is 11.6 Å². The van der Waals surface area contributed by atoms with Crippen molar-refractivity contribution in [1.29, 1.82) is 0 Å². The molecule has 0 bridgehead atoms. The Balaban J connectivity index is 0.000000150. The summed E-state index contributed by atoms with van der Waals surface area (Å²) in [4.78, 5) is 17.7. The minimum absolute atomic E-state index is 0.130. The average molecular weight is 1080 g/mol. The first-order chi connectivity index (χ1) is 28.6. The quantitative estimate of drug-likeness (QED) is 0.160.